The number of hydrogen-bond donors (Lipinski definition) is 1. The summed E-state index contributed by atoms with van der Waals surface area (Å²) in [6.07, 6.45) is -4.10. The fourth-order valence-corrected chi connectivity index (χ4v) is 2.59. The van der Waals surface area contributed by atoms with E-state index in [0.29, 0.717) is 24.2 Å². The van der Waals surface area contributed by atoms with Gasteiger partial charge < -0.3 is 10.0 Å². The third kappa shape index (κ3) is 3.21. The fourth-order valence-electron chi connectivity index (χ4n) is 2.59. The van der Waals surface area contributed by atoms with Crippen LogP contribution in [0.15, 0.2) is 24.3 Å². The van der Waals surface area contributed by atoms with E-state index in [1.807, 2.05) is 0 Å². The molecule has 5 heteroatoms. The first kappa shape index (κ1) is 14.2. The first-order chi connectivity index (χ1) is 8.89. The van der Waals surface area contributed by atoms with Crippen molar-refractivity contribution in [2.75, 3.05) is 18.0 Å². The lowest BCUT2D eigenvalue weighted by Crippen LogP contribution is -2.42. The summed E-state index contributed by atoms with van der Waals surface area (Å²) in [5, 5.41) is 9.71. The summed E-state index contributed by atoms with van der Waals surface area (Å²) in [5.41, 5.74) is 1.40. The van der Waals surface area contributed by atoms with Crippen LogP contribution in [0.4, 0.5) is 18.9 Å². The molecule has 1 aromatic carbocycles. The molecule has 0 aliphatic carbocycles. The highest BCUT2D eigenvalue weighted by Crippen LogP contribution is 2.36. The third-order valence-electron chi connectivity index (χ3n) is 3.61. The van der Waals surface area contributed by atoms with E-state index in [1.54, 1.807) is 36.1 Å². The lowest BCUT2D eigenvalue weighted by molar-refractivity contribution is -0.176. The topological polar surface area (TPSA) is 23.5 Å². The minimum absolute atomic E-state index is 0.0206. The number of halogens is 3. The van der Waals surface area contributed by atoms with Crippen LogP contribution in [0.2, 0.25) is 0 Å². The molecule has 2 nitrogen and oxygen atoms in total. The van der Waals surface area contributed by atoms with E-state index in [0.717, 1.165) is 0 Å². The zero-order valence-electron chi connectivity index (χ0n) is 10.8. The Hall–Kier alpha value is -1.23. The van der Waals surface area contributed by atoms with Gasteiger partial charge in [-0.25, -0.2) is 0 Å². The lowest BCUT2D eigenvalue weighted by Gasteiger charge is -2.36. The van der Waals surface area contributed by atoms with E-state index < -0.39 is 18.2 Å². The Morgan fingerprint density at radius 3 is 2.63 bits per heavy atom. The van der Waals surface area contributed by atoms with Gasteiger partial charge in [0.15, 0.2) is 0 Å². The third-order valence-corrected chi connectivity index (χ3v) is 3.61. The smallest absolute Gasteiger partial charge is 0.389 e. The van der Waals surface area contributed by atoms with Crippen molar-refractivity contribution in [3.8, 4) is 0 Å². The van der Waals surface area contributed by atoms with Gasteiger partial charge >= 0.3 is 6.18 Å². The summed E-state index contributed by atoms with van der Waals surface area (Å²) in [5.74, 6) is -1.27. The van der Waals surface area contributed by atoms with E-state index in [4.69, 9.17) is 0 Å². The first-order valence-electron chi connectivity index (χ1n) is 6.48. The number of piperidine rings is 1. The van der Waals surface area contributed by atoms with Gasteiger partial charge in [-0.3, -0.25) is 0 Å². The molecular formula is C14H18F3NO. The monoisotopic (exact) mass is 273 g/mol. The highest BCUT2D eigenvalue weighted by molar-refractivity contribution is 5.54. The molecule has 1 aliphatic rings. The number of rotatable bonds is 2. The number of hydrogen-bond acceptors (Lipinski definition) is 2. The van der Waals surface area contributed by atoms with Crippen LogP contribution in [-0.4, -0.2) is 24.4 Å². The summed E-state index contributed by atoms with van der Waals surface area (Å²) in [4.78, 5) is 1.74. The molecule has 1 fully saturated rings. The molecule has 1 aliphatic heterocycles. The van der Waals surface area contributed by atoms with Crippen LogP contribution in [0.1, 0.15) is 31.4 Å². The second-order valence-electron chi connectivity index (χ2n) is 5.06. The van der Waals surface area contributed by atoms with Gasteiger partial charge in [0.25, 0.3) is 0 Å². The van der Waals surface area contributed by atoms with Crippen LogP contribution in [0.3, 0.4) is 0 Å². The second-order valence-corrected chi connectivity index (χ2v) is 5.06. The molecule has 1 saturated heterocycles. The number of alkyl halides is 3. The summed E-state index contributed by atoms with van der Waals surface area (Å²) >= 11 is 0. The zero-order valence-corrected chi connectivity index (χ0v) is 10.8. The average Bonchev–Trinajstić information content (AvgIpc) is 2.38. The van der Waals surface area contributed by atoms with Crippen LogP contribution < -0.4 is 4.90 Å². The summed E-state index contributed by atoms with van der Waals surface area (Å²) < 4.78 is 38.4. The zero-order chi connectivity index (χ0) is 14.0. The molecule has 1 unspecified atom stereocenters. The highest BCUT2D eigenvalue weighted by atomic mass is 19.4. The molecule has 1 heterocycles. The van der Waals surface area contributed by atoms with Crippen molar-refractivity contribution < 1.29 is 18.3 Å². The van der Waals surface area contributed by atoms with Gasteiger partial charge in [0, 0.05) is 24.3 Å². The predicted molar refractivity (Wildman–Crippen MR) is 68.1 cm³/mol. The molecule has 1 aromatic rings. The molecule has 1 N–H and O–H groups in total. The number of anilines is 1. The van der Waals surface area contributed by atoms with Gasteiger partial charge in [-0.15, -0.1) is 0 Å². The Kier molecular flexibility index (Phi) is 4.04. The molecule has 0 saturated carbocycles. The Balaban J connectivity index is 2.22. The number of para-hydroxylation sites is 1. The van der Waals surface area contributed by atoms with Crippen LogP contribution in [-0.2, 0) is 0 Å². The minimum atomic E-state index is -4.14. The largest absolute Gasteiger partial charge is 0.393 e. The molecule has 0 radical (unpaired) electrons. The van der Waals surface area contributed by atoms with Crippen molar-refractivity contribution in [3.05, 3.63) is 29.8 Å². The van der Waals surface area contributed by atoms with E-state index in [2.05, 4.69) is 0 Å². The minimum Gasteiger partial charge on any atom is -0.389 e. The number of aliphatic hydroxyl groups is 1. The van der Waals surface area contributed by atoms with Gasteiger partial charge in [-0.05, 0) is 25.8 Å². The van der Waals surface area contributed by atoms with Crippen LogP contribution in [0.25, 0.3) is 0 Å². The SMILES string of the molecule is C[C@H](O)c1ccccc1N1CCCC(C(F)(F)F)C1. The second kappa shape index (κ2) is 5.41. The number of aliphatic hydroxyl groups excluding tert-OH is 1. The number of benzene rings is 1. The van der Waals surface area contributed by atoms with Gasteiger partial charge in [0.1, 0.15) is 0 Å². The van der Waals surface area contributed by atoms with Crippen LogP contribution >= 0.6 is 0 Å². The predicted octanol–water partition coefficient (Wildman–Crippen LogP) is 3.52. The van der Waals surface area contributed by atoms with E-state index in [1.165, 1.54) is 0 Å². The van der Waals surface area contributed by atoms with Gasteiger partial charge in [0.2, 0.25) is 0 Å². The van der Waals surface area contributed by atoms with Crippen LogP contribution in [0, 0.1) is 5.92 Å². The summed E-state index contributed by atoms with van der Waals surface area (Å²) in [6, 6.07) is 7.12. The summed E-state index contributed by atoms with van der Waals surface area (Å²) in [6.45, 7) is 2.22. The Morgan fingerprint density at radius 1 is 1.32 bits per heavy atom. The molecule has 19 heavy (non-hydrogen) atoms. The van der Waals surface area contributed by atoms with Gasteiger partial charge in [0.05, 0.1) is 12.0 Å². The fraction of sp³-hybridized carbons (Fsp3) is 0.571. The highest BCUT2D eigenvalue weighted by Gasteiger charge is 2.42. The van der Waals surface area contributed by atoms with E-state index in [-0.39, 0.29) is 13.0 Å². The molecule has 2 atom stereocenters. The standard InChI is InChI=1S/C14H18F3NO/c1-10(19)12-6-2-3-7-13(12)18-8-4-5-11(9-18)14(15,16)17/h2-3,6-7,10-11,19H,4-5,8-9H2,1H3/t10-,11?/m0/s1. The van der Waals surface area contributed by atoms with Crippen molar-refractivity contribution in [2.24, 2.45) is 5.92 Å². The quantitative estimate of drug-likeness (QED) is 0.891. The maximum atomic E-state index is 12.8. The molecule has 0 bridgehead atoms. The Morgan fingerprint density at radius 2 is 2.00 bits per heavy atom. The van der Waals surface area contributed by atoms with Crippen LogP contribution in [0.5, 0.6) is 0 Å². The van der Waals surface area contributed by atoms with Crippen molar-refractivity contribution >= 4 is 5.69 Å². The first-order valence-corrected chi connectivity index (χ1v) is 6.48. The average molecular weight is 273 g/mol. The van der Waals surface area contributed by atoms with Gasteiger partial charge in [-0.2, -0.15) is 13.2 Å². The van der Waals surface area contributed by atoms with Crippen molar-refractivity contribution in [1.82, 2.24) is 0 Å². The molecule has 0 aromatic heterocycles. The van der Waals surface area contributed by atoms with Crippen molar-refractivity contribution in [1.29, 1.82) is 0 Å². The maximum absolute atomic E-state index is 12.8. The molecule has 0 amide bonds. The Bertz CT molecular complexity index is 431. The molecule has 2 rings (SSSR count). The molecule has 0 spiro atoms. The Labute approximate surface area is 110 Å². The van der Waals surface area contributed by atoms with E-state index >= 15 is 0 Å². The normalized spacial score (nSPS) is 22.4. The summed E-state index contributed by atoms with van der Waals surface area (Å²) in [7, 11) is 0. The van der Waals surface area contributed by atoms with Crippen molar-refractivity contribution in [3.63, 3.8) is 0 Å². The number of nitrogens with zero attached hydrogens (tertiary/aromatic N) is 1. The van der Waals surface area contributed by atoms with Gasteiger partial charge in [-0.1, -0.05) is 18.2 Å². The lowest BCUT2D eigenvalue weighted by atomic mass is 9.96. The molecular weight excluding hydrogens is 255 g/mol. The van der Waals surface area contributed by atoms with E-state index in [9.17, 15) is 18.3 Å². The van der Waals surface area contributed by atoms with Crippen molar-refractivity contribution in [2.45, 2.75) is 32.0 Å². The maximum Gasteiger partial charge on any atom is 0.393 e. The molecule has 106 valence electrons.